The Morgan fingerprint density at radius 1 is 1.12 bits per heavy atom. The molecule has 0 aliphatic carbocycles. The van der Waals surface area contributed by atoms with E-state index in [0.29, 0.717) is 33.2 Å². The first-order chi connectivity index (χ1) is 19.0. The third-order valence-electron chi connectivity index (χ3n) is 5.54. The lowest BCUT2D eigenvalue weighted by molar-refractivity contribution is -0.139. The molecule has 14 heteroatoms. The molecular weight excluding hydrogens is 560 g/mol. The Bertz CT molecular complexity index is 1440. The van der Waals surface area contributed by atoms with Gasteiger partial charge in [-0.3, -0.25) is 14.5 Å². The molecule has 1 amide bonds. The predicted molar refractivity (Wildman–Crippen MR) is 156 cm³/mol. The number of carbonyl (C=O) groups excluding carboxylic acids is 1. The summed E-state index contributed by atoms with van der Waals surface area (Å²) in [7, 11) is 1.53. The number of anilines is 3. The molecule has 3 aromatic carbocycles. The van der Waals surface area contributed by atoms with Crippen molar-refractivity contribution in [2.24, 2.45) is 10.9 Å². The second-order valence-electron chi connectivity index (χ2n) is 8.31. The Hall–Kier alpha value is -4.33. The highest BCUT2D eigenvalue weighted by molar-refractivity contribution is 7.84. The lowest BCUT2D eigenvalue weighted by atomic mass is 10.1. The smallest absolute Gasteiger partial charge is 0.341 e. The first-order valence-corrected chi connectivity index (χ1v) is 13.4. The second-order valence-corrected chi connectivity index (χ2v) is 9.85. The summed E-state index contributed by atoms with van der Waals surface area (Å²) in [6.45, 7) is 1.44. The Labute approximate surface area is 238 Å². The van der Waals surface area contributed by atoms with Crippen LogP contribution in [0.3, 0.4) is 0 Å². The number of carboxylic acid groups (broad SMARTS) is 1. The van der Waals surface area contributed by atoms with Crippen LogP contribution in [0.25, 0.3) is 0 Å². The topological polar surface area (TPSA) is 193 Å². The summed E-state index contributed by atoms with van der Waals surface area (Å²) in [6.07, 6.45) is 0. The molecule has 0 aliphatic rings. The van der Waals surface area contributed by atoms with Gasteiger partial charge in [0, 0.05) is 47.2 Å². The van der Waals surface area contributed by atoms with E-state index in [1.807, 2.05) is 0 Å². The van der Waals surface area contributed by atoms with Gasteiger partial charge in [0.15, 0.2) is 29.3 Å². The van der Waals surface area contributed by atoms with Crippen molar-refractivity contribution in [2.75, 3.05) is 35.2 Å². The predicted octanol–water partition coefficient (Wildman–Crippen LogP) is 3.32. The van der Waals surface area contributed by atoms with Gasteiger partial charge in [-0.2, -0.15) is 0 Å². The average Bonchev–Trinajstić information content (AvgIpc) is 2.91. The maximum Gasteiger partial charge on any atom is 0.341 e. The van der Waals surface area contributed by atoms with Crippen LogP contribution in [0.1, 0.15) is 28.4 Å². The minimum atomic E-state index is -1.84. The van der Waals surface area contributed by atoms with Crippen LogP contribution < -0.4 is 35.3 Å². The van der Waals surface area contributed by atoms with Gasteiger partial charge in [0.25, 0.3) is 5.91 Å². The largest absolute Gasteiger partial charge is 0.490 e. The molecule has 0 radical (unpaired) electrons. The number of amidine groups is 1. The number of nitrogen functional groups attached to an aromatic ring is 1. The van der Waals surface area contributed by atoms with E-state index < -0.39 is 29.7 Å². The fourth-order valence-corrected chi connectivity index (χ4v) is 4.09. The summed E-state index contributed by atoms with van der Waals surface area (Å²) in [5.41, 5.74) is 8.04. The number of carboxylic acids is 1. The number of rotatable bonds is 13. The minimum Gasteiger partial charge on any atom is -0.490 e. The lowest BCUT2D eigenvalue weighted by Crippen LogP contribution is -2.26. The van der Waals surface area contributed by atoms with Crippen LogP contribution in [0.15, 0.2) is 54.6 Å². The van der Waals surface area contributed by atoms with Crippen molar-refractivity contribution in [1.82, 2.24) is 0 Å². The number of ether oxygens (including phenoxy) is 2. The molecular formula is C26H29ClN6O6S. The monoisotopic (exact) mass is 588 g/mol. The molecule has 0 saturated heterocycles. The zero-order chi connectivity index (χ0) is 29.4. The van der Waals surface area contributed by atoms with Crippen molar-refractivity contribution in [3.8, 4) is 11.5 Å². The Kier molecular flexibility index (Phi) is 10.3. The van der Waals surface area contributed by atoms with Gasteiger partial charge < -0.3 is 30.9 Å². The number of nitrogens with zero attached hydrogens (tertiary/aromatic N) is 1. The van der Waals surface area contributed by atoms with E-state index in [-0.39, 0.29) is 36.0 Å². The SMILES string of the molecule is CCOc1cc(N(C)S(N)=O)cc(CNc2ccc(Cl)cc2C(=O)Nc2ccc(C(=N)N)cc2)c1OCC(=O)O. The van der Waals surface area contributed by atoms with Gasteiger partial charge in [-0.25, -0.2) is 14.1 Å². The maximum atomic E-state index is 13.2. The minimum absolute atomic E-state index is 0.0587. The van der Waals surface area contributed by atoms with Gasteiger partial charge in [0.2, 0.25) is 0 Å². The van der Waals surface area contributed by atoms with E-state index in [1.165, 1.54) is 17.4 Å². The fourth-order valence-electron chi connectivity index (χ4n) is 3.60. The van der Waals surface area contributed by atoms with Crippen LogP contribution in [0.2, 0.25) is 5.02 Å². The molecule has 3 aromatic rings. The van der Waals surface area contributed by atoms with Crippen molar-refractivity contribution in [3.05, 3.63) is 76.3 Å². The number of aliphatic carboxylic acids is 1. The Morgan fingerprint density at radius 2 is 1.82 bits per heavy atom. The van der Waals surface area contributed by atoms with Crippen molar-refractivity contribution in [2.45, 2.75) is 13.5 Å². The molecule has 3 rings (SSSR count). The normalized spacial score (nSPS) is 11.3. The first-order valence-electron chi connectivity index (χ1n) is 11.8. The molecule has 212 valence electrons. The molecule has 12 nitrogen and oxygen atoms in total. The summed E-state index contributed by atoms with van der Waals surface area (Å²) in [6, 6.07) is 14.4. The van der Waals surface area contributed by atoms with Gasteiger partial charge in [0.05, 0.1) is 17.9 Å². The molecule has 0 spiro atoms. The number of nitrogens with one attached hydrogen (secondary N) is 3. The molecule has 0 bridgehead atoms. The van der Waals surface area contributed by atoms with Crippen molar-refractivity contribution >= 4 is 57.5 Å². The third kappa shape index (κ3) is 7.85. The Balaban J connectivity index is 1.95. The summed E-state index contributed by atoms with van der Waals surface area (Å²) in [5, 5.41) is 28.5. The van der Waals surface area contributed by atoms with E-state index in [0.717, 1.165) is 0 Å². The first kappa shape index (κ1) is 30.2. The number of hydrogen-bond donors (Lipinski definition) is 6. The number of nitrogens with two attached hydrogens (primary N) is 2. The molecule has 0 aromatic heterocycles. The van der Waals surface area contributed by atoms with E-state index in [4.69, 9.17) is 37.4 Å². The zero-order valence-electron chi connectivity index (χ0n) is 21.7. The summed E-state index contributed by atoms with van der Waals surface area (Å²) in [4.78, 5) is 24.4. The molecule has 0 aliphatic heterocycles. The zero-order valence-corrected chi connectivity index (χ0v) is 23.3. The average molecular weight is 589 g/mol. The number of hydrogen-bond acceptors (Lipinski definition) is 7. The lowest BCUT2D eigenvalue weighted by Gasteiger charge is -2.22. The van der Waals surface area contributed by atoms with Crippen molar-refractivity contribution < 1.29 is 28.4 Å². The van der Waals surface area contributed by atoms with Crippen molar-refractivity contribution in [3.63, 3.8) is 0 Å². The highest BCUT2D eigenvalue weighted by atomic mass is 35.5. The molecule has 0 saturated carbocycles. The summed E-state index contributed by atoms with van der Waals surface area (Å²) < 4.78 is 24.5. The van der Waals surface area contributed by atoms with Gasteiger partial charge in [0.1, 0.15) is 5.84 Å². The van der Waals surface area contributed by atoms with Crippen molar-refractivity contribution in [1.29, 1.82) is 5.41 Å². The van der Waals surface area contributed by atoms with Gasteiger partial charge in [-0.1, -0.05) is 11.6 Å². The maximum absolute atomic E-state index is 13.2. The van der Waals surface area contributed by atoms with Crippen LogP contribution in [-0.2, 0) is 22.5 Å². The van der Waals surface area contributed by atoms with E-state index in [1.54, 1.807) is 55.5 Å². The molecule has 0 heterocycles. The second kappa shape index (κ2) is 13.6. The van der Waals surface area contributed by atoms with Crippen LogP contribution in [0.5, 0.6) is 11.5 Å². The van der Waals surface area contributed by atoms with E-state index >= 15 is 0 Å². The van der Waals surface area contributed by atoms with Crippen LogP contribution >= 0.6 is 11.6 Å². The molecule has 40 heavy (non-hydrogen) atoms. The molecule has 1 atom stereocenters. The molecule has 1 unspecified atom stereocenters. The van der Waals surface area contributed by atoms with Gasteiger partial charge in [-0.15, -0.1) is 0 Å². The quantitative estimate of drug-likeness (QED) is 0.129. The fraction of sp³-hybridized carbons (Fsp3) is 0.192. The standard InChI is InChI=1S/C26H29ClN6O6S/c1-3-38-22-12-19(33(2)40(30)37)10-16(24(22)39-14-23(34)35)13-31-21-9-6-17(27)11-20(21)26(36)32-18-7-4-15(5-8-18)25(28)29/h4-12,31H,3,13-14,30H2,1-2H3,(H3,28,29)(H,32,36)(H,34,35). The van der Waals surface area contributed by atoms with E-state index in [2.05, 4.69) is 10.6 Å². The molecule has 8 N–H and O–H groups in total. The Morgan fingerprint density at radius 3 is 2.42 bits per heavy atom. The third-order valence-corrected chi connectivity index (χ3v) is 6.52. The van der Waals surface area contributed by atoms with Crippen LogP contribution in [0, 0.1) is 5.41 Å². The highest BCUT2D eigenvalue weighted by Crippen LogP contribution is 2.37. The summed E-state index contributed by atoms with van der Waals surface area (Å²) in [5.74, 6) is -1.32. The number of amides is 1. The van der Waals surface area contributed by atoms with Gasteiger partial charge >= 0.3 is 5.97 Å². The van der Waals surface area contributed by atoms with E-state index in [9.17, 15) is 18.9 Å². The van der Waals surface area contributed by atoms with Crippen LogP contribution in [-0.4, -0.2) is 47.3 Å². The number of halogens is 1. The highest BCUT2D eigenvalue weighted by Gasteiger charge is 2.20. The van der Waals surface area contributed by atoms with Crippen LogP contribution in [0.4, 0.5) is 17.1 Å². The number of carbonyl (C=O) groups is 2. The van der Waals surface area contributed by atoms with Gasteiger partial charge in [-0.05, 0) is 55.5 Å². The number of benzene rings is 3. The summed E-state index contributed by atoms with van der Waals surface area (Å²) >= 11 is 4.35. The molecule has 0 fully saturated rings.